The van der Waals surface area contributed by atoms with E-state index in [9.17, 15) is 8.78 Å². The quantitative estimate of drug-likeness (QED) is 0.487. The number of rotatable bonds is 6. The molecule has 0 radical (unpaired) electrons. The second-order valence-corrected chi connectivity index (χ2v) is 5.21. The number of aliphatic imine (C=N–C) groups is 1. The molecular weight excluding hydrogens is 326 g/mol. The van der Waals surface area contributed by atoms with Crippen molar-refractivity contribution in [3.05, 3.63) is 65.8 Å². The first kappa shape index (κ1) is 20.2. The van der Waals surface area contributed by atoms with Gasteiger partial charge in [0.1, 0.15) is 17.7 Å². The molecule has 1 saturated carbocycles. The van der Waals surface area contributed by atoms with Gasteiger partial charge in [0.2, 0.25) is 0 Å². The number of pyridine rings is 1. The smallest absolute Gasteiger partial charge is 0.146 e. The Hall–Kier alpha value is -2.85. The Bertz CT molecular complexity index is 703. The lowest BCUT2D eigenvalue weighted by atomic mass is 10.2. The Kier molecular flexibility index (Phi) is 8.75. The number of aliphatic hydroxyl groups excluding tert-OH is 1. The second kappa shape index (κ2) is 10.8. The maximum atomic E-state index is 13.3. The van der Waals surface area contributed by atoms with E-state index >= 15 is 0 Å². The number of halogens is 2. The van der Waals surface area contributed by atoms with Crippen molar-refractivity contribution < 1.29 is 13.9 Å². The first-order valence-electron chi connectivity index (χ1n) is 7.55. The summed E-state index contributed by atoms with van der Waals surface area (Å²) < 4.78 is 25.7. The molecule has 5 nitrogen and oxygen atoms in total. The van der Waals surface area contributed by atoms with Crippen LogP contribution in [0.2, 0.25) is 0 Å². The Morgan fingerprint density at radius 3 is 2.76 bits per heavy atom. The molecule has 0 amide bonds. The normalized spacial score (nSPS) is 14.5. The monoisotopic (exact) mass is 346 g/mol. The molecule has 2 rings (SSSR count). The minimum absolute atomic E-state index is 0.00704. The van der Waals surface area contributed by atoms with Crippen LogP contribution < -0.4 is 0 Å². The van der Waals surface area contributed by atoms with Crippen LogP contribution in [0.5, 0.6) is 0 Å². The summed E-state index contributed by atoms with van der Waals surface area (Å²) >= 11 is 0. The van der Waals surface area contributed by atoms with Crippen LogP contribution in [0.4, 0.5) is 8.78 Å². The summed E-state index contributed by atoms with van der Waals surface area (Å²) in [5, 5.41) is 17.2. The van der Waals surface area contributed by atoms with Crippen molar-refractivity contribution >= 4 is 6.72 Å². The Balaban J connectivity index is 0.000000293. The third-order valence-electron chi connectivity index (χ3n) is 3.33. The van der Waals surface area contributed by atoms with Crippen LogP contribution in [0.1, 0.15) is 18.4 Å². The van der Waals surface area contributed by atoms with Gasteiger partial charge in [-0.3, -0.25) is 9.98 Å². The van der Waals surface area contributed by atoms with Crippen molar-refractivity contribution in [2.75, 3.05) is 7.05 Å². The van der Waals surface area contributed by atoms with E-state index in [0.29, 0.717) is 6.04 Å². The molecule has 0 spiro atoms. The van der Waals surface area contributed by atoms with Crippen LogP contribution in [-0.4, -0.2) is 34.8 Å². The lowest BCUT2D eigenvalue weighted by molar-refractivity contribution is 0.275. The molecule has 1 aromatic heterocycles. The number of nitrogens with zero attached hydrogens (tertiary/aromatic N) is 4. The summed E-state index contributed by atoms with van der Waals surface area (Å²) in [5.74, 6) is -1.06. The van der Waals surface area contributed by atoms with Crippen molar-refractivity contribution in [2.45, 2.75) is 25.5 Å². The Morgan fingerprint density at radius 1 is 1.56 bits per heavy atom. The Morgan fingerprint density at radius 2 is 2.28 bits per heavy atom. The average molecular weight is 346 g/mol. The molecule has 1 N–H and O–H groups in total. The van der Waals surface area contributed by atoms with Gasteiger partial charge in [0.15, 0.2) is 0 Å². The van der Waals surface area contributed by atoms with Crippen molar-refractivity contribution in [1.82, 2.24) is 9.88 Å². The maximum absolute atomic E-state index is 13.3. The van der Waals surface area contributed by atoms with Crippen LogP contribution in [-0.2, 0) is 6.61 Å². The number of nitriles is 1. The summed E-state index contributed by atoms with van der Waals surface area (Å²) in [4.78, 5) is 8.87. The van der Waals surface area contributed by atoms with Crippen molar-refractivity contribution in [2.24, 2.45) is 4.99 Å². The molecule has 0 aromatic carbocycles. The van der Waals surface area contributed by atoms with Gasteiger partial charge < -0.3 is 10.0 Å². The first-order chi connectivity index (χ1) is 12.0. The zero-order valence-electron chi connectivity index (χ0n) is 13.9. The van der Waals surface area contributed by atoms with Gasteiger partial charge in [-0.25, -0.2) is 8.78 Å². The van der Waals surface area contributed by atoms with Gasteiger partial charge in [-0.1, -0.05) is 0 Å². The minimum Gasteiger partial charge on any atom is -0.392 e. The summed E-state index contributed by atoms with van der Waals surface area (Å²) in [6, 6.07) is 3.79. The molecule has 0 bridgehead atoms. The number of aromatic nitrogens is 1. The van der Waals surface area contributed by atoms with Gasteiger partial charge in [-0.15, -0.1) is 0 Å². The predicted molar refractivity (Wildman–Crippen MR) is 92.5 cm³/mol. The van der Waals surface area contributed by atoms with Gasteiger partial charge in [0.05, 0.1) is 18.4 Å². The molecule has 0 atom stereocenters. The third-order valence-corrected chi connectivity index (χ3v) is 3.33. The zero-order valence-corrected chi connectivity index (χ0v) is 13.9. The minimum atomic E-state index is -0.602. The van der Waals surface area contributed by atoms with Crippen LogP contribution in [0.15, 0.2) is 59.4 Å². The van der Waals surface area contributed by atoms with Gasteiger partial charge in [0, 0.05) is 37.2 Å². The largest absolute Gasteiger partial charge is 0.392 e. The van der Waals surface area contributed by atoms with Gasteiger partial charge in [-0.05, 0) is 37.8 Å². The highest BCUT2D eigenvalue weighted by Crippen LogP contribution is 2.25. The van der Waals surface area contributed by atoms with E-state index in [2.05, 4.69) is 16.7 Å². The number of hydrogen-bond donors (Lipinski definition) is 1. The van der Waals surface area contributed by atoms with Gasteiger partial charge in [-0.2, -0.15) is 5.26 Å². The highest BCUT2D eigenvalue weighted by molar-refractivity contribution is 5.40. The van der Waals surface area contributed by atoms with E-state index < -0.39 is 11.6 Å². The van der Waals surface area contributed by atoms with Crippen molar-refractivity contribution in [1.29, 1.82) is 5.26 Å². The molecule has 1 aliphatic rings. The standard InChI is InChI=1S/C12H14FN3.C6H6FNO/c1-15-7-5-12(13)10(9-14)6-8-16(2)11-3-4-11;7-6-3-8-2-1-5(6)4-9/h5-8,11H,1,3-4H2,2H3;1-3,9H,4H2/b7-5+,8-6+,12-10-;. The molecule has 7 heteroatoms. The zero-order chi connectivity index (χ0) is 18.7. The molecule has 0 unspecified atom stereocenters. The van der Waals surface area contributed by atoms with E-state index in [0.717, 1.165) is 25.1 Å². The summed E-state index contributed by atoms with van der Waals surface area (Å²) in [6.45, 7) is 2.92. The maximum Gasteiger partial charge on any atom is 0.146 e. The van der Waals surface area contributed by atoms with Crippen LogP contribution >= 0.6 is 0 Å². The van der Waals surface area contributed by atoms with Crippen molar-refractivity contribution in [3.63, 3.8) is 0 Å². The Labute approximate surface area is 145 Å². The van der Waals surface area contributed by atoms with E-state index in [1.807, 2.05) is 11.9 Å². The van der Waals surface area contributed by atoms with E-state index in [1.54, 1.807) is 12.3 Å². The molecule has 0 aliphatic heterocycles. The predicted octanol–water partition coefficient (Wildman–Crippen LogP) is 3.27. The van der Waals surface area contributed by atoms with Crippen LogP contribution in [0.25, 0.3) is 0 Å². The van der Waals surface area contributed by atoms with E-state index in [-0.39, 0.29) is 17.7 Å². The molecule has 1 fully saturated rings. The summed E-state index contributed by atoms with van der Waals surface area (Å²) in [7, 11) is 1.92. The lowest BCUT2D eigenvalue weighted by Crippen LogP contribution is -2.12. The fraction of sp³-hybridized carbons (Fsp3) is 0.278. The third kappa shape index (κ3) is 7.50. The topological polar surface area (TPSA) is 72.5 Å². The van der Waals surface area contributed by atoms with Crippen LogP contribution in [0, 0.1) is 17.1 Å². The van der Waals surface area contributed by atoms with Crippen LogP contribution in [0.3, 0.4) is 0 Å². The highest BCUT2D eigenvalue weighted by Gasteiger charge is 2.23. The fourth-order valence-electron chi connectivity index (χ4n) is 1.71. The summed E-state index contributed by atoms with van der Waals surface area (Å²) in [6.07, 6.45) is 10.4. The molecule has 25 heavy (non-hydrogen) atoms. The van der Waals surface area contributed by atoms with Gasteiger partial charge >= 0.3 is 0 Å². The van der Waals surface area contributed by atoms with Gasteiger partial charge in [0.25, 0.3) is 0 Å². The molecule has 1 heterocycles. The fourth-order valence-corrected chi connectivity index (χ4v) is 1.71. The number of hydrogen-bond acceptors (Lipinski definition) is 5. The molecule has 0 saturated heterocycles. The van der Waals surface area contributed by atoms with Crippen molar-refractivity contribution in [3.8, 4) is 6.07 Å². The first-order valence-corrected chi connectivity index (χ1v) is 7.55. The molecule has 1 aromatic rings. The summed E-state index contributed by atoms with van der Waals surface area (Å²) in [5.41, 5.74) is 0.275. The SMILES string of the molecule is C=N/C=C/C(F)=C(C#N)\C=C\N(C)C1CC1.OCc1ccncc1F. The second-order valence-electron chi connectivity index (χ2n) is 5.21. The average Bonchev–Trinajstić information content (AvgIpc) is 3.46. The number of aliphatic hydroxyl groups is 1. The molecule has 132 valence electrons. The molecule has 1 aliphatic carbocycles. The highest BCUT2D eigenvalue weighted by atomic mass is 19.1. The number of allylic oxidation sites excluding steroid dienone is 4. The van der Waals surface area contributed by atoms with E-state index in [1.165, 1.54) is 24.5 Å². The van der Waals surface area contributed by atoms with E-state index in [4.69, 9.17) is 10.4 Å². The molecular formula is C18H20F2N4O. The lowest BCUT2D eigenvalue weighted by Gasteiger charge is -2.11.